The van der Waals surface area contributed by atoms with Crippen LogP contribution in [0.4, 0.5) is 4.39 Å². The molecular weight excluding hydrogens is 802 g/mol. The van der Waals surface area contributed by atoms with Gasteiger partial charge in [0.1, 0.15) is 0 Å². The molecule has 6 heterocycles. The van der Waals surface area contributed by atoms with Gasteiger partial charge in [-0.3, -0.25) is 0 Å². The zero-order chi connectivity index (χ0) is 32.7. The average molecular weight is 827 g/mol. The molecule has 0 N–H and O–H groups in total. The predicted molar refractivity (Wildman–Crippen MR) is 211 cm³/mol. The third-order valence-corrected chi connectivity index (χ3v) is 18.0. The molecule has 6 aromatic heterocycles. The standard InChI is InChI=1S/C40H25FOS4Se2/c1-20-14-16-29(47-20)31-25-18-27(23-10-6-4-7-11-23)43-37(25)32(30-17-15-21(2)48-30)26-19-28(44-38(26)31)39-40-33(34(41)35(45-40)22(3)42)36(46-39)24-12-8-5-9-13-24/h4-19H,1-3H3. The fourth-order valence-corrected chi connectivity index (χ4v) is 15.8. The normalized spacial score (nSPS) is 11.8. The second-order valence-electron chi connectivity index (χ2n) is 11.8. The molecule has 0 saturated heterocycles. The monoisotopic (exact) mass is 828 g/mol. The molecule has 0 amide bonds. The van der Waals surface area contributed by atoms with Crippen molar-refractivity contribution in [2.45, 2.75) is 20.8 Å². The summed E-state index contributed by atoms with van der Waals surface area (Å²) in [6.07, 6.45) is 0. The topological polar surface area (TPSA) is 17.1 Å². The van der Waals surface area contributed by atoms with E-state index >= 15 is 4.39 Å². The van der Waals surface area contributed by atoms with Crippen molar-refractivity contribution in [2.75, 3.05) is 0 Å². The molecule has 0 radical (unpaired) electrons. The Labute approximate surface area is 305 Å². The van der Waals surface area contributed by atoms with Gasteiger partial charge in [-0.25, -0.2) is 0 Å². The summed E-state index contributed by atoms with van der Waals surface area (Å²) >= 11 is 7.18. The van der Waals surface area contributed by atoms with Crippen LogP contribution in [0.5, 0.6) is 0 Å². The molecule has 0 aliphatic rings. The third kappa shape index (κ3) is 4.97. The van der Waals surface area contributed by atoms with Gasteiger partial charge < -0.3 is 0 Å². The Balaban J connectivity index is 1.40. The molecule has 9 rings (SSSR count). The quantitative estimate of drug-likeness (QED) is 0.121. The van der Waals surface area contributed by atoms with Crippen molar-refractivity contribution in [3.8, 4) is 50.6 Å². The van der Waals surface area contributed by atoms with Crippen molar-refractivity contribution in [3.63, 3.8) is 0 Å². The molecule has 8 heteroatoms. The van der Waals surface area contributed by atoms with E-state index in [1.165, 1.54) is 77.7 Å². The predicted octanol–water partition coefficient (Wildman–Crippen LogP) is 12.8. The molecule has 0 aliphatic carbocycles. The summed E-state index contributed by atoms with van der Waals surface area (Å²) in [4.78, 5) is 17.2. The molecule has 0 atom stereocenters. The van der Waals surface area contributed by atoms with Crippen LogP contribution in [0.15, 0.2) is 97.1 Å². The van der Waals surface area contributed by atoms with Crippen molar-refractivity contribution in [2.24, 2.45) is 0 Å². The van der Waals surface area contributed by atoms with Crippen LogP contribution in [0, 0.1) is 19.7 Å². The van der Waals surface area contributed by atoms with E-state index in [-0.39, 0.29) is 45.5 Å². The van der Waals surface area contributed by atoms with Crippen LogP contribution in [0.1, 0.15) is 25.5 Å². The van der Waals surface area contributed by atoms with Gasteiger partial charge in [0, 0.05) is 0 Å². The Kier molecular flexibility index (Phi) is 7.72. The number of Topliss-reactive ketones (excluding diaryl/α,β-unsaturated/α-hetero) is 1. The van der Waals surface area contributed by atoms with E-state index in [1.54, 1.807) is 11.3 Å². The number of hydrogen-bond acceptors (Lipinski definition) is 5. The molecule has 0 unspecified atom stereocenters. The average Bonchev–Trinajstić information content (AvgIpc) is 3.94. The first-order chi connectivity index (χ1) is 23.4. The van der Waals surface area contributed by atoms with Gasteiger partial charge in [0.2, 0.25) is 0 Å². The van der Waals surface area contributed by atoms with Gasteiger partial charge in [0.25, 0.3) is 0 Å². The summed E-state index contributed by atoms with van der Waals surface area (Å²) in [5.41, 5.74) is 4.92. The third-order valence-electron chi connectivity index (χ3n) is 8.56. The van der Waals surface area contributed by atoms with Crippen LogP contribution in [0.2, 0.25) is 0 Å². The van der Waals surface area contributed by atoms with Gasteiger partial charge in [-0.15, -0.1) is 0 Å². The summed E-state index contributed by atoms with van der Waals surface area (Å²) < 4.78 is 25.3. The Morgan fingerprint density at radius 3 is 1.69 bits per heavy atom. The fourth-order valence-electron chi connectivity index (χ4n) is 6.41. The number of carbonyl (C=O) groups is 1. The van der Waals surface area contributed by atoms with E-state index in [4.69, 9.17) is 0 Å². The number of benzene rings is 3. The number of carbonyl (C=O) groups excluding carboxylic acids is 1. The van der Waals surface area contributed by atoms with Gasteiger partial charge >= 0.3 is 308 Å². The maximum atomic E-state index is 16.1. The zero-order valence-electron chi connectivity index (χ0n) is 26.0. The first-order valence-electron chi connectivity index (χ1n) is 15.4. The Morgan fingerprint density at radius 2 is 1.15 bits per heavy atom. The number of ketones is 1. The van der Waals surface area contributed by atoms with Crippen molar-refractivity contribution in [1.29, 1.82) is 0 Å². The van der Waals surface area contributed by atoms with E-state index in [1.807, 2.05) is 53.0 Å². The number of hydrogen-bond donors (Lipinski definition) is 0. The van der Waals surface area contributed by atoms with Crippen molar-refractivity contribution in [1.82, 2.24) is 0 Å². The van der Waals surface area contributed by atoms with Crippen LogP contribution in [0.25, 0.3) is 80.9 Å². The molecule has 234 valence electrons. The molecule has 3 aromatic carbocycles. The number of thiophene rings is 4. The minimum absolute atomic E-state index is 0.211. The van der Waals surface area contributed by atoms with Gasteiger partial charge in [0.15, 0.2) is 0 Å². The van der Waals surface area contributed by atoms with Crippen LogP contribution >= 0.6 is 45.3 Å². The Bertz CT molecular complexity index is 2590. The van der Waals surface area contributed by atoms with Crippen molar-refractivity contribution < 1.29 is 9.18 Å². The SMILES string of the molecule is CC(=O)c1sc2c(-c3cc4c(-c5ccc(C)[se]5)c5sc(-c6ccccc6)cc5c(-c5ccc(C)[se]5)c4s3)sc(-c3ccccc3)c2c1F. The molecule has 48 heavy (non-hydrogen) atoms. The van der Waals surface area contributed by atoms with E-state index in [9.17, 15) is 4.79 Å². The van der Waals surface area contributed by atoms with Crippen molar-refractivity contribution in [3.05, 3.63) is 117 Å². The van der Waals surface area contributed by atoms with Crippen LogP contribution < -0.4 is 0 Å². The van der Waals surface area contributed by atoms with Crippen molar-refractivity contribution >= 4 is 110 Å². The number of fused-ring (bicyclic) bond motifs is 3. The molecule has 0 spiro atoms. The van der Waals surface area contributed by atoms with Gasteiger partial charge in [-0.1, -0.05) is 0 Å². The summed E-state index contributed by atoms with van der Waals surface area (Å²) in [7, 11) is 0. The van der Waals surface area contributed by atoms with E-state index in [0.29, 0.717) is 5.39 Å². The first kappa shape index (κ1) is 30.9. The zero-order valence-corrected chi connectivity index (χ0v) is 32.7. The molecule has 0 bridgehead atoms. The second kappa shape index (κ2) is 12.0. The van der Waals surface area contributed by atoms with Gasteiger partial charge in [-0.2, -0.15) is 0 Å². The summed E-state index contributed by atoms with van der Waals surface area (Å²) in [5, 5.41) is 3.18. The second-order valence-corrected chi connectivity index (χ2v) is 21.3. The minimum atomic E-state index is -0.388. The summed E-state index contributed by atoms with van der Waals surface area (Å²) in [6.45, 7) is 5.94. The summed E-state index contributed by atoms with van der Waals surface area (Å²) in [6, 6.07) is 34.8. The Morgan fingerprint density at radius 1 is 0.604 bits per heavy atom. The molecule has 0 aliphatic heterocycles. The Hall–Kier alpha value is -3.16. The van der Waals surface area contributed by atoms with E-state index in [0.717, 1.165) is 24.9 Å². The van der Waals surface area contributed by atoms with Crippen LogP contribution in [-0.4, -0.2) is 34.8 Å². The molecule has 0 fully saturated rings. The fraction of sp³-hybridized carbons (Fsp3) is 0.0750. The van der Waals surface area contributed by atoms with E-state index < -0.39 is 0 Å². The molecule has 0 saturated carbocycles. The van der Waals surface area contributed by atoms with E-state index in [2.05, 4.69) is 80.6 Å². The number of aryl methyl sites for hydroxylation is 2. The van der Waals surface area contributed by atoms with Crippen LogP contribution in [0.3, 0.4) is 0 Å². The number of halogens is 1. The van der Waals surface area contributed by atoms with Crippen LogP contribution in [-0.2, 0) is 0 Å². The van der Waals surface area contributed by atoms with Gasteiger partial charge in [-0.05, 0) is 0 Å². The van der Waals surface area contributed by atoms with Gasteiger partial charge in [0.05, 0.1) is 0 Å². The maximum absolute atomic E-state index is 16.1. The number of rotatable bonds is 6. The molecular formula is C40H25FOS4Se2. The summed E-state index contributed by atoms with van der Waals surface area (Å²) in [5.74, 6) is -0.614. The first-order valence-corrected chi connectivity index (χ1v) is 22.1. The molecule has 9 aromatic rings. The molecule has 1 nitrogen and oxygen atoms in total.